The summed E-state index contributed by atoms with van der Waals surface area (Å²) in [4.78, 5) is 43.9. The number of amides is 3. The summed E-state index contributed by atoms with van der Waals surface area (Å²) < 4.78 is 50.0. The molecule has 12 heteroatoms. The highest BCUT2D eigenvalue weighted by molar-refractivity contribution is 5.79. The van der Waals surface area contributed by atoms with Crippen molar-refractivity contribution in [1.82, 2.24) is 20.0 Å². The molecule has 1 N–H and O–H groups in total. The third-order valence-corrected chi connectivity index (χ3v) is 9.68. The van der Waals surface area contributed by atoms with E-state index < -0.39 is 22.9 Å². The van der Waals surface area contributed by atoms with E-state index in [0.29, 0.717) is 77.4 Å². The van der Waals surface area contributed by atoms with Gasteiger partial charge in [-0.05, 0) is 82.9 Å². The minimum Gasteiger partial charge on any atom is -0.444 e. The van der Waals surface area contributed by atoms with Crippen LogP contribution in [0.1, 0.15) is 83.3 Å². The summed E-state index contributed by atoms with van der Waals surface area (Å²) in [6.45, 7) is 9.86. The second-order valence-corrected chi connectivity index (χ2v) is 14.4. The first-order valence-electron chi connectivity index (χ1n) is 16.3. The highest BCUT2D eigenvalue weighted by Crippen LogP contribution is 2.37. The molecule has 1 aromatic rings. The standard InChI is InChI=1S/C33H47F3N4O5/c1-31(2,3)44-29(42)39-16-12-27(13-17-39)37-28(41)25-8-4-24(5-9-25)21-40-22-32(45-30(40)43)14-18-38(19-15-32)20-23-6-10-26(11-7-23)33(34,35)36/h6-7,10-11,24-25,27H,4-5,8-9,12-22H2,1-3H3,(H,37,41)/t24-,25+. The van der Waals surface area contributed by atoms with Gasteiger partial charge in [0.2, 0.25) is 5.91 Å². The minimum atomic E-state index is -4.34. The van der Waals surface area contributed by atoms with Crippen LogP contribution in [0.5, 0.6) is 0 Å². The maximum atomic E-state index is 13.0. The first-order chi connectivity index (χ1) is 21.2. The number of rotatable bonds is 6. The quantitative estimate of drug-likeness (QED) is 0.424. The Morgan fingerprint density at radius 1 is 0.956 bits per heavy atom. The number of carbonyl (C=O) groups is 3. The second kappa shape index (κ2) is 13.4. The molecule has 4 fully saturated rings. The molecule has 1 aliphatic carbocycles. The average Bonchev–Trinajstić information content (AvgIpc) is 3.27. The van der Waals surface area contributed by atoms with E-state index in [1.165, 1.54) is 12.1 Å². The van der Waals surface area contributed by atoms with Crippen molar-refractivity contribution < 1.29 is 37.0 Å². The molecule has 3 amide bonds. The van der Waals surface area contributed by atoms with Gasteiger partial charge in [-0.3, -0.25) is 9.69 Å². The lowest BCUT2D eigenvalue weighted by molar-refractivity contribution is -0.137. The predicted molar refractivity (Wildman–Crippen MR) is 161 cm³/mol. The van der Waals surface area contributed by atoms with Crippen LogP contribution in [0.25, 0.3) is 0 Å². The fourth-order valence-corrected chi connectivity index (χ4v) is 7.04. The third-order valence-electron chi connectivity index (χ3n) is 9.68. The summed E-state index contributed by atoms with van der Waals surface area (Å²) in [6.07, 6.45) is 1.24. The van der Waals surface area contributed by atoms with Gasteiger partial charge in [-0.25, -0.2) is 9.59 Å². The number of alkyl halides is 3. The highest BCUT2D eigenvalue weighted by atomic mass is 19.4. The van der Waals surface area contributed by atoms with E-state index in [0.717, 1.165) is 43.4 Å². The van der Waals surface area contributed by atoms with Gasteiger partial charge in [0, 0.05) is 64.1 Å². The van der Waals surface area contributed by atoms with E-state index in [-0.39, 0.29) is 30.1 Å². The highest BCUT2D eigenvalue weighted by Gasteiger charge is 2.47. The molecule has 3 saturated heterocycles. The summed E-state index contributed by atoms with van der Waals surface area (Å²) in [6, 6.07) is 5.36. The number of nitrogens with one attached hydrogen (secondary N) is 1. The van der Waals surface area contributed by atoms with Gasteiger partial charge >= 0.3 is 18.4 Å². The van der Waals surface area contributed by atoms with Gasteiger partial charge in [0.1, 0.15) is 11.2 Å². The summed E-state index contributed by atoms with van der Waals surface area (Å²) >= 11 is 0. The number of benzene rings is 1. The summed E-state index contributed by atoms with van der Waals surface area (Å²) in [7, 11) is 0. The van der Waals surface area contributed by atoms with Crippen LogP contribution in [-0.4, -0.2) is 89.3 Å². The summed E-state index contributed by atoms with van der Waals surface area (Å²) in [5.41, 5.74) is -0.855. The van der Waals surface area contributed by atoms with Crippen LogP contribution in [0, 0.1) is 11.8 Å². The predicted octanol–water partition coefficient (Wildman–Crippen LogP) is 5.81. The number of hydrogen-bond donors (Lipinski definition) is 1. The second-order valence-electron chi connectivity index (χ2n) is 14.4. The van der Waals surface area contributed by atoms with E-state index in [2.05, 4.69) is 10.2 Å². The number of carbonyl (C=O) groups excluding carboxylic acids is 3. The Hall–Kier alpha value is -3.02. The van der Waals surface area contributed by atoms with E-state index in [1.54, 1.807) is 4.90 Å². The van der Waals surface area contributed by atoms with E-state index >= 15 is 0 Å². The Kier molecular flexibility index (Phi) is 9.91. The molecular formula is C33H47F3N4O5. The van der Waals surface area contributed by atoms with Crippen molar-refractivity contribution in [3.05, 3.63) is 35.4 Å². The number of piperidine rings is 2. The first kappa shape index (κ1) is 33.3. The normalized spacial score (nSPS) is 24.9. The number of ether oxygens (including phenoxy) is 2. The van der Waals surface area contributed by atoms with Crippen molar-refractivity contribution in [2.75, 3.05) is 39.3 Å². The van der Waals surface area contributed by atoms with E-state index in [9.17, 15) is 27.6 Å². The first-order valence-corrected chi connectivity index (χ1v) is 16.3. The Morgan fingerprint density at radius 2 is 1.58 bits per heavy atom. The van der Waals surface area contributed by atoms with E-state index in [1.807, 2.05) is 25.7 Å². The smallest absolute Gasteiger partial charge is 0.416 e. The Morgan fingerprint density at radius 3 is 2.16 bits per heavy atom. The average molecular weight is 637 g/mol. The van der Waals surface area contributed by atoms with Gasteiger partial charge in [0.25, 0.3) is 0 Å². The van der Waals surface area contributed by atoms with Gasteiger partial charge in [-0.2, -0.15) is 13.2 Å². The van der Waals surface area contributed by atoms with Gasteiger partial charge in [0.15, 0.2) is 0 Å². The van der Waals surface area contributed by atoms with Gasteiger partial charge in [-0.15, -0.1) is 0 Å². The Balaban J connectivity index is 1.00. The lowest BCUT2D eigenvalue weighted by Crippen LogP contribution is -2.49. The molecule has 45 heavy (non-hydrogen) atoms. The number of hydrogen-bond acceptors (Lipinski definition) is 6. The molecule has 9 nitrogen and oxygen atoms in total. The van der Waals surface area contributed by atoms with Gasteiger partial charge < -0.3 is 24.6 Å². The molecule has 0 aromatic heterocycles. The SMILES string of the molecule is CC(C)(C)OC(=O)N1CCC(NC(=O)[C@H]2CC[C@@H](CN3CC4(CCN(Cc5ccc(C(F)(F)F)cc5)CC4)OC3=O)CC2)CC1. The van der Waals surface area contributed by atoms with Crippen molar-refractivity contribution in [2.45, 2.75) is 102 Å². The fourth-order valence-electron chi connectivity index (χ4n) is 7.04. The molecule has 250 valence electrons. The van der Waals surface area contributed by atoms with Gasteiger partial charge in [0.05, 0.1) is 12.1 Å². The molecule has 4 aliphatic rings. The molecule has 3 aliphatic heterocycles. The molecule has 1 spiro atoms. The fraction of sp³-hybridized carbons (Fsp3) is 0.727. The zero-order valence-electron chi connectivity index (χ0n) is 26.7. The number of halogens is 3. The largest absolute Gasteiger partial charge is 0.444 e. The van der Waals surface area contributed by atoms with Crippen LogP contribution >= 0.6 is 0 Å². The van der Waals surface area contributed by atoms with Crippen molar-refractivity contribution in [2.24, 2.45) is 11.8 Å². The van der Waals surface area contributed by atoms with Crippen LogP contribution in [0.4, 0.5) is 22.8 Å². The van der Waals surface area contributed by atoms with Crippen LogP contribution in [0.2, 0.25) is 0 Å². The molecule has 5 rings (SSSR count). The zero-order valence-corrected chi connectivity index (χ0v) is 26.7. The minimum absolute atomic E-state index is 0.0315. The van der Waals surface area contributed by atoms with Crippen LogP contribution < -0.4 is 5.32 Å². The third kappa shape index (κ3) is 8.83. The Labute approximate surface area is 263 Å². The number of nitrogens with zero attached hydrogens (tertiary/aromatic N) is 3. The summed E-state index contributed by atoms with van der Waals surface area (Å²) in [5.74, 6) is 0.385. The van der Waals surface area contributed by atoms with Crippen LogP contribution in [-0.2, 0) is 27.0 Å². The topological polar surface area (TPSA) is 91.4 Å². The molecule has 3 heterocycles. The van der Waals surface area contributed by atoms with Gasteiger partial charge in [-0.1, -0.05) is 12.1 Å². The maximum absolute atomic E-state index is 13.0. The molecule has 0 radical (unpaired) electrons. The molecule has 0 bridgehead atoms. The monoisotopic (exact) mass is 636 g/mol. The number of likely N-dealkylation sites (tertiary alicyclic amines) is 2. The molecular weight excluding hydrogens is 589 g/mol. The van der Waals surface area contributed by atoms with Crippen LogP contribution in [0.3, 0.4) is 0 Å². The molecule has 1 saturated carbocycles. The lowest BCUT2D eigenvalue weighted by Gasteiger charge is -2.37. The van der Waals surface area contributed by atoms with Crippen molar-refractivity contribution in [3.63, 3.8) is 0 Å². The van der Waals surface area contributed by atoms with E-state index in [4.69, 9.17) is 9.47 Å². The van der Waals surface area contributed by atoms with Crippen LogP contribution in [0.15, 0.2) is 24.3 Å². The molecule has 0 unspecified atom stereocenters. The summed E-state index contributed by atoms with van der Waals surface area (Å²) in [5, 5.41) is 3.21. The maximum Gasteiger partial charge on any atom is 0.416 e. The van der Waals surface area contributed by atoms with Crippen molar-refractivity contribution in [3.8, 4) is 0 Å². The zero-order chi connectivity index (χ0) is 32.4. The molecule has 1 aromatic carbocycles. The molecule has 0 atom stereocenters. The van der Waals surface area contributed by atoms with Crippen molar-refractivity contribution >= 4 is 18.1 Å². The lowest BCUT2D eigenvalue weighted by atomic mass is 9.81. The van der Waals surface area contributed by atoms with Crippen molar-refractivity contribution in [1.29, 1.82) is 0 Å². The Bertz CT molecular complexity index is 1190.